The minimum Gasteiger partial charge on any atom is -0.411 e. The summed E-state index contributed by atoms with van der Waals surface area (Å²) >= 11 is 0. The second kappa shape index (κ2) is 4.33. The molecular weight excluding hydrogens is 207 g/mol. The minimum atomic E-state index is -4.31. The van der Waals surface area contributed by atoms with E-state index in [0.717, 1.165) is 12.1 Å². The maximum absolute atomic E-state index is 12.2. The fourth-order valence-electron chi connectivity index (χ4n) is 1.14. The van der Waals surface area contributed by atoms with Crippen LogP contribution in [0.1, 0.15) is 18.1 Å². The van der Waals surface area contributed by atoms with E-state index >= 15 is 0 Å². The van der Waals surface area contributed by atoms with Crippen LogP contribution in [0, 0.1) is 0 Å². The van der Waals surface area contributed by atoms with E-state index < -0.39 is 11.7 Å². The summed E-state index contributed by atoms with van der Waals surface area (Å²) in [6, 6.07) is 4.77. The average Bonchev–Trinajstić information content (AvgIpc) is 2.17. The third-order valence-corrected chi connectivity index (χ3v) is 1.91. The van der Waals surface area contributed by atoms with E-state index in [0.29, 0.717) is 17.7 Å². The van der Waals surface area contributed by atoms with Crippen LogP contribution in [-0.4, -0.2) is 10.9 Å². The number of rotatable bonds is 2. The summed E-state index contributed by atoms with van der Waals surface area (Å²) in [5.41, 5.74) is 0.456. The highest BCUT2D eigenvalue weighted by atomic mass is 19.4. The molecule has 0 radical (unpaired) electrons. The van der Waals surface area contributed by atoms with Crippen molar-refractivity contribution >= 4 is 5.71 Å². The molecular formula is C10H10F3NO. The third-order valence-electron chi connectivity index (χ3n) is 1.91. The first kappa shape index (κ1) is 11.6. The van der Waals surface area contributed by atoms with Crippen molar-refractivity contribution in [2.75, 3.05) is 0 Å². The third kappa shape index (κ3) is 3.27. The van der Waals surface area contributed by atoms with Gasteiger partial charge in [0.15, 0.2) is 0 Å². The highest BCUT2D eigenvalue weighted by Gasteiger charge is 2.29. The lowest BCUT2D eigenvalue weighted by Gasteiger charge is -2.07. The van der Waals surface area contributed by atoms with Crippen LogP contribution in [0.5, 0.6) is 0 Å². The topological polar surface area (TPSA) is 32.6 Å². The van der Waals surface area contributed by atoms with E-state index in [1.807, 2.05) is 0 Å². The Morgan fingerprint density at radius 2 is 1.80 bits per heavy atom. The number of hydrogen-bond acceptors (Lipinski definition) is 2. The second-order valence-corrected chi connectivity index (χ2v) is 3.21. The van der Waals surface area contributed by atoms with Crippen molar-refractivity contribution in [1.29, 1.82) is 0 Å². The molecule has 0 fully saturated rings. The molecule has 82 valence electrons. The Morgan fingerprint density at radius 3 is 2.20 bits per heavy atom. The van der Waals surface area contributed by atoms with Gasteiger partial charge in [0.2, 0.25) is 0 Å². The molecule has 0 saturated heterocycles. The fraction of sp³-hybridized carbons (Fsp3) is 0.300. The molecule has 5 heteroatoms. The molecule has 0 aliphatic heterocycles. The van der Waals surface area contributed by atoms with Gasteiger partial charge in [0, 0.05) is 6.42 Å². The molecule has 0 atom stereocenters. The lowest BCUT2D eigenvalue weighted by molar-refractivity contribution is -0.137. The number of oxime groups is 1. The summed E-state index contributed by atoms with van der Waals surface area (Å²) in [6.45, 7) is 1.59. The van der Waals surface area contributed by atoms with Gasteiger partial charge in [0.05, 0.1) is 11.3 Å². The molecule has 0 aliphatic carbocycles. The molecule has 2 nitrogen and oxygen atoms in total. The van der Waals surface area contributed by atoms with Crippen LogP contribution in [0.15, 0.2) is 29.4 Å². The number of halogens is 3. The summed E-state index contributed by atoms with van der Waals surface area (Å²) in [6.07, 6.45) is -3.97. The monoisotopic (exact) mass is 217 g/mol. The molecule has 0 aliphatic rings. The van der Waals surface area contributed by atoms with Gasteiger partial charge in [-0.1, -0.05) is 17.3 Å². The summed E-state index contributed by atoms with van der Waals surface area (Å²) in [4.78, 5) is 0. The van der Waals surface area contributed by atoms with Gasteiger partial charge in [-0.3, -0.25) is 0 Å². The smallest absolute Gasteiger partial charge is 0.411 e. The minimum absolute atomic E-state index is 0.342. The van der Waals surface area contributed by atoms with Crippen LogP contribution in [-0.2, 0) is 12.6 Å². The predicted octanol–water partition coefficient (Wildman–Crippen LogP) is 3.10. The highest BCUT2D eigenvalue weighted by molar-refractivity contribution is 5.83. The van der Waals surface area contributed by atoms with E-state index in [1.54, 1.807) is 6.92 Å². The first-order valence-electron chi connectivity index (χ1n) is 4.27. The predicted molar refractivity (Wildman–Crippen MR) is 50.0 cm³/mol. The van der Waals surface area contributed by atoms with Gasteiger partial charge in [-0.15, -0.1) is 0 Å². The van der Waals surface area contributed by atoms with Crippen molar-refractivity contribution < 1.29 is 18.4 Å². The Kier molecular flexibility index (Phi) is 3.34. The lowest BCUT2D eigenvalue weighted by Crippen LogP contribution is -2.05. The van der Waals surface area contributed by atoms with Gasteiger partial charge in [-0.2, -0.15) is 13.2 Å². The van der Waals surface area contributed by atoms with Crippen molar-refractivity contribution in [3.63, 3.8) is 0 Å². The maximum atomic E-state index is 12.2. The molecule has 1 aromatic carbocycles. The zero-order valence-electron chi connectivity index (χ0n) is 8.04. The van der Waals surface area contributed by atoms with E-state index in [-0.39, 0.29) is 0 Å². The Labute approximate surface area is 85.0 Å². The molecule has 15 heavy (non-hydrogen) atoms. The quantitative estimate of drug-likeness (QED) is 0.461. The average molecular weight is 217 g/mol. The number of benzene rings is 1. The summed E-state index contributed by atoms with van der Waals surface area (Å²) < 4.78 is 36.6. The molecule has 1 N–H and O–H groups in total. The van der Waals surface area contributed by atoms with Crippen molar-refractivity contribution in [1.82, 2.24) is 0 Å². The molecule has 0 bridgehead atoms. The Bertz CT molecular complexity index is 354. The van der Waals surface area contributed by atoms with Gasteiger partial charge < -0.3 is 5.21 Å². The van der Waals surface area contributed by atoms with Crippen LogP contribution >= 0.6 is 0 Å². The first-order chi connectivity index (χ1) is 6.93. The van der Waals surface area contributed by atoms with Crippen LogP contribution in [0.4, 0.5) is 13.2 Å². The Hall–Kier alpha value is -1.52. The summed E-state index contributed by atoms with van der Waals surface area (Å²) in [7, 11) is 0. The SMILES string of the molecule is CC(Cc1ccc(C(F)(F)F)cc1)=NO. The molecule has 1 aromatic rings. The highest BCUT2D eigenvalue weighted by Crippen LogP contribution is 2.29. The van der Waals surface area contributed by atoms with E-state index in [1.165, 1.54) is 12.1 Å². The number of hydrogen-bond donors (Lipinski definition) is 1. The van der Waals surface area contributed by atoms with Crippen LogP contribution in [0.25, 0.3) is 0 Å². The van der Waals surface area contributed by atoms with Gasteiger partial charge in [-0.25, -0.2) is 0 Å². The fourth-order valence-corrected chi connectivity index (χ4v) is 1.14. The van der Waals surface area contributed by atoms with Gasteiger partial charge in [-0.05, 0) is 24.6 Å². The molecule has 0 heterocycles. The Balaban J connectivity index is 2.82. The van der Waals surface area contributed by atoms with Crippen LogP contribution in [0.2, 0.25) is 0 Å². The number of alkyl halides is 3. The number of nitrogens with zero attached hydrogens (tertiary/aromatic N) is 1. The molecule has 0 spiro atoms. The van der Waals surface area contributed by atoms with E-state index in [9.17, 15) is 13.2 Å². The lowest BCUT2D eigenvalue weighted by atomic mass is 10.1. The standard InChI is InChI=1S/C10H10F3NO/c1-7(14-15)6-8-2-4-9(5-3-8)10(11,12)13/h2-5,15H,6H2,1H3. The van der Waals surface area contributed by atoms with Crippen molar-refractivity contribution in [3.8, 4) is 0 Å². The van der Waals surface area contributed by atoms with Gasteiger partial charge >= 0.3 is 6.18 Å². The van der Waals surface area contributed by atoms with Gasteiger partial charge in [0.25, 0.3) is 0 Å². The zero-order valence-corrected chi connectivity index (χ0v) is 8.04. The largest absolute Gasteiger partial charge is 0.416 e. The molecule has 0 unspecified atom stereocenters. The van der Waals surface area contributed by atoms with E-state index in [2.05, 4.69) is 5.16 Å². The van der Waals surface area contributed by atoms with Crippen molar-refractivity contribution in [2.24, 2.45) is 5.16 Å². The Morgan fingerprint density at radius 1 is 1.27 bits per heavy atom. The van der Waals surface area contributed by atoms with Gasteiger partial charge in [0.1, 0.15) is 0 Å². The van der Waals surface area contributed by atoms with Crippen LogP contribution in [0.3, 0.4) is 0 Å². The van der Waals surface area contributed by atoms with Crippen LogP contribution < -0.4 is 0 Å². The van der Waals surface area contributed by atoms with Crippen molar-refractivity contribution in [3.05, 3.63) is 35.4 Å². The molecule has 0 saturated carbocycles. The summed E-state index contributed by atoms with van der Waals surface area (Å²) in [5, 5.41) is 11.3. The van der Waals surface area contributed by atoms with E-state index in [4.69, 9.17) is 5.21 Å². The zero-order chi connectivity index (χ0) is 11.5. The van der Waals surface area contributed by atoms with Crippen molar-refractivity contribution in [2.45, 2.75) is 19.5 Å². The molecule has 0 amide bonds. The normalized spacial score (nSPS) is 12.9. The molecule has 0 aromatic heterocycles. The second-order valence-electron chi connectivity index (χ2n) is 3.21. The maximum Gasteiger partial charge on any atom is 0.416 e. The molecule has 1 rings (SSSR count). The summed E-state index contributed by atoms with van der Waals surface area (Å²) in [5.74, 6) is 0. The first-order valence-corrected chi connectivity index (χ1v) is 4.27.